The standard InChI is InChI=1S/C27H33N9O2/c1-5-29-23-13-22-21(15-30-23)26(18-14-31-35(16-18)27(3,4)17-28)33-36(22)19-7-9-20(10-8-19)38-24-11-12-25(37)34(6-2)32-24/h11-16,19-20H,5-10H2,1-4H3,(H,29,30)/t19-,20+. The van der Waals surface area contributed by atoms with E-state index in [1.165, 1.54) is 10.7 Å². The second-order valence-electron chi connectivity index (χ2n) is 10.1. The van der Waals surface area contributed by atoms with Crippen LogP contribution < -0.4 is 15.6 Å². The van der Waals surface area contributed by atoms with E-state index in [2.05, 4.69) is 37.3 Å². The number of rotatable bonds is 8. The molecule has 1 N–H and O–H groups in total. The van der Waals surface area contributed by atoms with Gasteiger partial charge in [0.25, 0.3) is 5.56 Å². The largest absolute Gasteiger partial charge is 0.473 e. The summed E-state index contributed by atoms with van der Waals surface area (Å²) in [6, 6.07) is 7.70. The molecular formula is C27H33N9O2. The summed E-state index contributed by atoms with van der Waals surface area (Å²) < 4.78 is 11.3. The summed E-state index contributed by atoms with van der Waals surface area (Å²) in [6.07, 6.45) is 9.04. The quantitative estimate of drug-likeness (QED) is 0.371. The van der Waals surface area contributed by atoms with Gasteiger partial charge in [-0.2, -0.15) is 15.5 Å². The van der Waals surface area contributed by atoms with Crippen LogP contribution in [0.5, 0.6) is 5.88 Å². The first kappa shape index (κ1) is 25.4. The summed E-state index contributed by atoms with van der Waals surface area (Å²) in [5.74, 6) is 1.29. The van der Waals surface area contributed by atoms with Crippen LogP contribution in [0.1, 0.15) is 59.4 Å². The normalized spacial score (nSPS) is 17.9. The third-order valence-electron chi connectivity index (χ3n) is 7.07. The molecule has 0 aromatic carbocycles. The number of hydrogen-bond acceptors (Lipinski definition) is 8. The molecule has 5 rings (SSSR count). The SMILES string of the molecule is CCNc1cc2c(cn1)c(-c1cnn(C(C)(C)C#N)c1)nn2[C@H]1CC[C@@H](Oc2ccc(=O)n(CC)n2)CC1. The van der Waals surface area contributed by atoms with Crippen molar-refractivity contribution in [3.8, 4) is 23.2 Å². The van der Waals surface area contributed by atoms with Crippen LogP contribution in [0.4, 0.5) is 5.82 Å². The fraction of sp³-hybridized carbons (Fsp3) is 0.481. The second kappa shape index (κ2) is 10.3. The van der Waals surface area contributed by atoms with Gasteiger partial charge in [0.15, 0.2) is 0 Å². The Hall–Kier alpha value is -4.20. The lowest BCUT2D eigenvalue weighted by molar-refractivity contribution is 0.123. The molecule has 11 nitrogen and oxygen atoms in total. The average Bonchev–Trinajstić information content (AvgIpc) is 3.56. The van der Waals surface area contributed by atoms with Crippen LogP contribution in [0, 0.1) is 11.3 Å². The molecule has 4 aromatic heterocycles. The van der Waals surface area contributed by atoms with Crippen LogP contribution in [0.15, 0.2) is 41.6 Å². The minimum absolute atomic E-state index is 0.0354. The highest BCUT2D eigenvalue weighted by Crippen LogP contribution is 2.36. The molecular weight excluding hydrogens is 482 g/mol. The van der Waals surface area contributed by atoms with Gasteiger partial charge >= 0.3 is 0 Å². The highest BCUT2D eigenvalue weighted by Gasteiger charge is 2.28. The van der Waals surface area contributed by atoms with Crippen molar-refractivity contribution in [3.63, 3.8) is 0 Å². The van der Waals surface area contributed by atoms with Crippen molar-refractivity contribution in [1.29, 1.82) is 5.26 Å². The number of hydrogen-bond donors (Lipinski definition) is 1. The van der Waals surface area contributed by atoms with Gasteiger partial charge in [-0.15, -0.1) is 5.10 Å². The molecule has 1 aliphatic carbocycles. The van der Waals surface area contributed by atoms with Crippen molar-refractivity contribution in [1.82, 2.24) is 34.3 Å². The van der Waals surface area contributed by atoms with Gasteiger partial charge in [0, 0.05) is 54.6 Å². The van der Waals surface area contributed by atoms with Crippen molar-refractivity contribution in [3.05, 3.63) is 47.1 Å². The number of ether oxygens (including phenoxy) is 1. The van der Waals surface area contributed by atoms with E-state index in [1.807, 2.05) is 40.1 Å². The van der Waals surface area contributed by atoms with Crippen LogP contribution in [0.2, 0.25) is 0 Å². The molecule has 1 fully saturated rings. The summed E-state index contributed by atoms with van der Waals surface area (Å²) in [5.41, 5.74) is 1.78. The van der Waals surface area contributed by atoms with E-state index in [-0.39, 0.29) is 17.7 Å². The average molecular weight is 516 g/mol. The Balaban J connectivity index is 1.42. The zero-order chi connectivity index (χ0) is 26.9. The molecule has 0 saturated heterocycles. The number of pyridine rings is 1. The maximum atomic E-state index is 11.8. The van der Waals surface area contributed by atoms with E-state index in [4.69, 9.17) is 9.84 Å². The first-order valence-electron chi connectivity index (χ1n) is 13.2. The highest BCUT2D eigenvalue weighted by molar-refractivity contribution is 5.93. The Labute approximate surface area is 221 Å². The zero-order valence-corrected chi connectivity index (χ0v) is 22.3. The van der Waals surface area contributed by atoms with E-state index in [0.29, 0.717) is 12.4 Å². The molecule has 0 unspecified atom stereocenters. The fourth-order valence-corrected chi connectivity index (χ4v) is 4.90. The van der Waals surface area contributed by atoms with Crippen molar-refractivity contribution in [2.24, 2.45) is 0 Å². The van der Waals surface area contributed by atoms with Gasteiger partial charge in [0.2, 0.25) is 5.88 Å². The number of aryl methyl sites for hydroxylation is 1. The monoisotopic (exact) mass is 515 g/mol. The second-order valence-corrected chi connectivity index (χ2v) is 10.1. The first-order valence-corrected chi connectivity index (χ1v) is 13.2. The van der Waals surface area contributed by atoms with Crippen molar-refractivity contribution in [2.75, 3.05) is 11.9 Å². The molecule has 1 aliphatic rings. The Morgan fingerprint density at radius 2 is 1.95 bits per heavy atom. The van der Waals surface area contributed by atoms with Crippen LogP contribution in [-0.4, -0.2) is 47.0 Å². The van der Waals surface area contributed by atoms with Gasteiger partial charge in [-0.1, -0.05) is 0 Å². The molecule has 0 bridgehead atoms. The molecule has 0 spiro atoms. The van der Waals surface area contributed by atoms with Crippen LogP contribution in [0.3, 0.4) is 0 Å². The molecule has 0 atom stereocenters. The molecule has 4 aromatic rings. The number of fused-ring (bicyclic) bond motifs is 1. The Morgan fingerprint density at radius 1 is 1.16 bits per heavy atom. The maximum absolute atomic E-state index is 11.8. The van der Waals surface area contributed by atoms with E-state index >= 15 is 0 Å². The first-order chi connectivity index (χ1) is 18.3. The Morgan fingerprint density at radius 3 is 2.66 bits per heavy atom. The molecule has 4 heterocycles. The molecule has 0 radical (unpaired) electrons. The van der Waals surface area contributed by atoms with Crippen LogP contribution >= 0.6 is 0 Å². The number of nitrogens with zero attached hydrogens (tertiary/aromatic N) is 8. The molecule has 11 heteroatoms. The molecule has 198 valence electrons. The van der Waals surface area contributed by atoms with Gasteiger partial charge in [0.05, 0.1) is 23.8 Å². The molecule has 38 heavy (non-hydrogen) atoms. The van der Waals surface area contributed by atoms with Gasteiger partial charge < -0.3 is 10.1 Å². The molecule has 1 saturated carbocycles. The summed E-state index contributed by atoms with van der Waals surface area (Å²) in [5, 5.41) is 27.6. The highest BCUT2D eigenvalue weighted by atomic mass is 16.5. The smallest absolute Gasteiger partial charge is 0.266 e. The lowest BCUT2D eigenvalue weighted by atomic mass is 9.93. The number of nitriles is 1. The predicted octanol–water partition coefficient (Wildman–Crippen LogP) is 4.12. The summed E-state index contributed by atoms with van der Waals surface area (Å²) in [7, 11) is 0. The summed E-state index contributed by atoms with van der Waals surface area (Å²) in [4.78, 5) is 16.4. The van der Waals surface area contributed by atoms with Crippen molar-refractivity contribution < 1.29 is 4.74 Å². The van der Waals surface area contributed by atoms with E-state index in [9.17, 15) is 10.1 Å². The van der Waals surface area contributed by atoms with Crippen molar-refractivity contribution >= 4 is 16.7 Å². The van der Waals surface area contributed by atoms with Gasteiger partial charge in [-0.25, -0.2) is 9.67 Å². The van der Waals surface area contributed by atoms with Crippen molar-refractivity contribution in [2.45, 2.75) is 77.6 Å². The van der Waals surface area contributed by atoms with Gasteiger partial charge in [0.1, 0.15) is 23.2 Å². The lowest BCUT2D eigenvalue weighted by Gasteiger charge is -2.29. The fourth-order valence-electron chi connectivity index (χ4n) is 4.90. The van der Waals surface area contributed by atoms with Gasteiger partial charge in [-0.05, 0) is 53.4 Å². The molecule has 0 aliphatic heterocycles. The van der Waals surface area contributed by atoms with E-state index < -0.39 is 5.54 Å². The van der Waals surface area contributed by atoms with Crippen LogP contribution in [-0.2, 0) is 12.1 Å². The lowest BCUT2D eigenvalue weighted by Crippen LogP contribution is -2.28. The zero-order valence-electron chi connectivity index (χ0n) is 22.3. The number of anilines is 1. The van der Waals surface area contributed by atoms with Crippen LogP contribution in [0.25, 0.3) is 22.2 Å². The topological polar surface area (TPSA) is 128 Å². The van der Waals surface area contributed by atoms with E-state index in [0.717, 1.165) is 60.2 Å². The third-order valence-corrected chi connectivity index (χ3v) is 7.07. The van der Waals surface area contributed by atoms with E-state index in [1.54, 1.807) is 16.9 Å². The maximum Gasteiger partial charge on any atom is 0.266 e. The Kier molecular flexibility index (Phi) is 6.89. The number of aromatic nitrogens is 7. The predicted molar refractivity (Wildman–Crippen MR) is 144 cm³/mol. The summed E-state index contributed by atoms with van der Waals surface area (Å²) >= 11 is 0. The Bertz CT molecular complexity index is 1530. The summed E-state index contributed by atoms with van der Waals surface area (Å²) in [6.45, 7) is 8.88. The number of nitrogens with one attached hydrogen (secondary N) is 1. The molecule has 0 amide bonds. The third kappa shape index (κ3) is 4.86. The minimum Gasteiger partial charge on any atom is -0.473 e. The minimum atomic E-state index is -0.759. The van der Waals surface area contributed by atoms with Gasteiger partial charge in [-0.3, -0.25) is 14.2 Å².